The highest BCUT2D eigenvalue weighted by Crippen LogP contribution is 2.37. The van der Waals surface area contributed by atoms with E-state index in [1.165, 1.54) is 16.7 Å². The molecule has 142 valence electrons. The van der Waals surface area contributed by atoms with E-state index in [1.54, 1.807) is 0 Å². The lowest BCUT2D eigenvalue weighted by atomic mass is 10.1. The Morgan fingerprint density at radius 3 is 1.96 bits per heavy atom. The summed E-state index contributed by atoms with van der Waals surface area (Å²) in [6, 6.07) is 12.4. The van der Waals surface area contributed by atoms with Gasteiger partial charge in [0.15, 0.2) is 0 Å². The summed E-state index contributed by atoms with van der Waals surface area (Å²) < 4.78 is 11.3. The van der Waals surface area contributed by atoms with Crippen LogP contribution >= 0.6 is 64.8 Å². The second-order valence-electron chi connectivity index (χ2n) is 5.93. The van der Waals surface area contributed by atoms with Crippen molar-refractivity contribution in [1.29, 1.82) is 0 Å². The molecule has 0 aliphatic heterocycles. The Morgan fingerprint density at radius 1 is 0.923 bits per heavy atom. The molecule has 2 nitrogen and oxygen atoms in total. The number of hydrogen-bond donors (Lipinski definition) is 1. The largest absolute Gasteiger partial charge is 0.388 e. The first-order valence-corrected chi connectivity index (χ1v) is 12.7. The number of aryl methyl sites for hydroxylation is 2. The lowest BCUT2D eigenvalue weighted by Gasteiger charge is -2.02. The average Bonchev–Trinajstić information content (AvgIpc) is 3.10. The Labute approximate surface area is 186 Å². The maximum atomic E-state index is 9.46. The Bertz CT molecular complexity index is 726. The zero-order valence-corrected chi connectivity index (χ0v) is 19.9. The number of aliphatic hydroxyl groups excluding tert-OH is 1. The molecule has 2 unspecified atom stereocenters. The molecule has 0 spiro atoms. The first-order chi connectivity index (χ1) is 12.3. The van der Waals surface area contributed by atoms with Crippen LogP contribution in [0.15, 0.2) is 45.3 Å². The highest BCUT2D eigenvalue weighted by atomic mass is 79.9. The van der Waals surface area contributed by atoms with Crippen molar-refractivity contribution in [1.82, 2.24) is 0 Å². The van der Waals surface area contributed by atoms with Crippen molar-refractivity contribution in [2.75, 3.05) is 0 Å². The quantitative estimate of drug-likeness (QED) is 0.273. The molecule has 2 aliphatic rings. The zero-order chi connectivity index (χ0) is 19.3. The van der Waals surface area contributed by atoms with Gasteiger partial charge in [-0.15, -0.1) is 11.6 Å². The zero-order valence-electron chi connectivity index (χ0n) is 13.6. The molecule has 0 saturated heterocycles. The van der Waals surface area contributed by atoms with E-state index >= 15 is 0 Å². The summed E-state index contributed by atoms with van der Waals surface area (Å²) >= 11 is 12.9. The molecule has 2 aromatic carbocycles. The molecule has 0 heterocycles. The molecule has 2 aromatic rings. The molecule has 2 aliphatic carbocycles. The molecule has 0 amide bonds. The molecule has 0 bridgehead atoms. The second kappa shape index (κ2) is 10.8. The minimum atomic E-state index is -1.67. The van der Waals surface area contributed by atoms with Crippen molar-refractivity contribution in [2.24, 2.45) is 0 Å². The van der Waals surface area contributed by atoms with Crippen molar-refractivity contribution in [2.45, 2.75) is 37.2 Å². The van der Waals surface area contributed by atoms with Crippen LogP contribution in [-0.2, 0) is 22.1 Å². The van der Waals surface area contributed by atoms with Gasteiger partial charge in [0.25, 0.3) is 0 Å². The molecule has 0 fully saturated rings. The summed E-state index contributed by atoms with van der Waals surface area (Å²) in [5, 5.41) is 9.71. The van der Waals surface area contributed by atoms with Gasteiger partial charge in [-0.2, -0.15) is 0 Å². The summed E-state index contributed by atoms with van der Waals surface area (Å²) in [6.07, 6.45) is 3.89. The molecule has 0 saturated carbocycles. The fourth-order valence-corrected chi connectivity index (χ4v) is 4.24. The molecular formula is C18H17Br2Cl3O2S. The summed E-state index contributed by atoms with van der Waals surface area (Å²) in [4.78, 5) is 0. The third-order valence-corrected chi connectivity index (χ3v) is 5.70. The van der Waals surface area contributed by atoms with Crippen LogP contribution in [0.2, 0.25) is 0 Å². The molecule has 8 heteroatoms. The standard InChI is InChI=1S/C9H8BrCl.C9H9BrO.Cl2OS/c2*10-7-2-3-8-6(5-7)1-4-9(8)11;1-4(2)3/h2-3,5,9H,1,4H2;2-3,5,9,11H,1,4H2;. The Hall–Kier alpha value is 0.380. The van der Waals surface area contributed by atoms with Gasteiger partial charge in [0.2, 0.25) is 9.23 Å². The van der Waals surface area contributed by atoms with E-state index in [-0.39, 0.29) is 11.5 Å². The average molecular weight is 564 g/mol. The van der Waals surface area contributed by atoms with Crippen LogP contribution in [0.1, 0.15) is 46.6 Å². The number of halogens is 5. The SMILES string of the molecule is ClC1CCc2cc(Br)ccc21.O=S(Cl)Cl.OC1CCc2cc(Br)ccc21. The van der Waals surface area contributed by atoms with E-state index in [9.17, 15) is 5.11 Å². The molecule has 26 heavy (non-hydrogen) atoms. The van der Waals surface area contributed by atoms with Gasteiger partial charge in [0.1, 0.15) is 0 Å². The molecule has 0 radical (unpaired) electrons. The van der Waals surface area contributed by atoms with Crippen molar-refractivity contribution in [3.63, 3.8) is 0 Å². The first kappa shape index (κ1) is 22.7. The van der Waals surface area contributed by atoms with Crippen LogP contribution in [0, 0.1) is 0 Å². The van der Waals surface area contributed by atoms with E-state index in [0.717, 1.165) is 40.2 Å². The topological polar surface area (TPSA) is 37.3 Å². The number of fused-ring (bicyclic) bond motifs is 2. The number of aliphatic hydroxyl groups is 1. The van der Waals surface area contributed by atoms with Crippen LogP contribution in [-0.4, -0.2) is 9.32 Å². The van der Waals surface area contributed by atoms with Gasteiger partial charge in [-0.05, 0) is 72.2 Å². The molecule has 1 N–H and O–H groups in total. The Kier molecular flexibility index (Phi) is 9.41. The fraction of sp³-hybridized carbons (Fsp3) is 0.333. The van der Waals surface area contributed by atoms with Gasteiger partial charge >= 0.3 is 0 Å². The van der Waals surface area contributed by atoms with Crippen LogP contribution in [0.3, 0.4) is 0 Å². The normalized spacial score (nSPS) is 19.8. The summed E-state index contributed by atoms with van der Waals surface area (Å²) in [5.74, 6) is 0. The lowest BCUT2D eigenvalue weighted by Crippen LogP contribution is -1.88. The molecular weight excluding hydrogens is 546 g/mol. The number of rotatable bonds is 0. The minimum Gasteiger partial charge on any atom is -0.388 e. The molecule has 4 rings (SSSR count). The Morgan fingerprint density at radius 2 is 1.38 bits per heavy atom. The third kappa shape index (κ3) is 6.77. The summed E-state index contributed by atoms with van der Waals surface area (Å²) in [6.45, 7) is 0. The van der Waals surface area contributed by atoms with Crippen molar-refractivity contribution < 1.29 is 9.32 Å². The number of benzene rings is 2. The van der Waals surface area contributed by atoms with E-state index in [4.69, 9.17) is 15.8 Å². The molecule has 0 aromatic heterocycles. The van der Waals surface area contributed by atoms with Gasteiger partial charge in [0.05, 0.1) is 11.5 Å². The van der Waals surface area contributed by atoms with Gasteiger partial charge in [-0.1, -0.05) is 44.0 Å². The number of alkyl halides is 1. The Balaban J connectivity index is 0.000000156. The van der Waals surface area contributed by atoms with Gasteiger partial charge in [-0.25, -0.2) is 4.21 Å². The van der Waals surface area contributed by atoms with Crippen molar-refractivity contribution in [3.8, 4) is 0 Å². The van der Waals surface area contributed by atoms with Crippen LogP contribution in [0.5, 0.6) is 0 Å². The van der Waals surface area contributed by atoms with Gasteiger partial charge in [0, 0.05) is 30.3 Å². The van der Waals surface area contributed by atoms with Crippen LogP contribution < -0.4 is 0 Å². The monoisotopic (exact) mass is 560 g/mol. The molecule has 2 atom stereocenters. The van der Waals surface area contributed by atoms with Crippen molar-refractivity contribution in [3.05, 3.63) is 67.6 Å². The van der Waals surface area contributed by atoms with E-state index in [2.05, 4.69) is 77.5 Å². The fourth-order valence-electron chi connectivity index (χ4n) is 3.10. The highest BCUT2D eigenvalue weighted by Gasteiger charge is 2.20. The van der Waals surface area contributed by atoms with E-state index in [1.807, 2.05) is 12.1 Å². The minimum absolute atomic E-state index is 0.224. The van der Waals surface area contributed by atoms with Crippen LogP contribution in [0.4, 0.5) is 0 Å². The van der Waals surface area contributed by atoms with Gasteiger partial charge in [-0.3, -0.25) is 0 Å². The van der Waals surface area contributed by atoms with Gasteiger partial charge < -0.3 is 5.11 Å². The van der Waals surface area contributed by atoms with Crippen LogP contribution in [0.25, 0.3) is 0 Å². The maximum Gasteiger partial charge on any atom is 0.211 e. The predicted octanol–water partition coefficient (Wildman–Crippen LogP) is 7.15. The van der Waals surface area contributed by atoms with E-state index < -0.39 is 9.23 Å². The summed E-state index contributed by atoms with van der Waals surface area (Å²) in [5.41, 5.74) is 5.11. The summed E-state index contributed by atoms with van der Waals surface area (Å²) in [7, 11) is 7.36. The van der Waals surface area contributed by atoms with E-state index in [0.29, 0.717) is 0 Å². The first-order valence-electron chi connectivity index (χ1n) is 7.91. The second-order valence-corrected chi connectivity index (χ2v) is 10.8. The highest BCUT2D eigenvalue weighted by molar-refractivity contribution is 9.10. The lowest BCUT2D eigenvalue weighted by molar-refractivity contribution is 0.180. The van der Waals surface area contributed by atoms with Crippen molar-refractivity contribution >= 4 is 74.1 Å². The predicted molar refractivity (Wildman–Crippen MR) is 118 cm³/mol. The maximum absolute atomic E-state index is 9.46. The smallest absolute Gasteiger partial charge is 0.211 e. The third-order valence-electron chi connectivity index (χ3n) is 4.26. The number of hydrogen-bond acceptors (Lipinski definition) is 2.